The van der Waals surface area contributed by atoms with Gasteiger partial charge in [0.2, 0.25) is 5.95 Å². The Morgan fingerprint density at radius 1 is 0.875 bits per heavy atom. The molecule has 7 N–H and O–H groups in total. The summed E-state index contributed by atoms with van der Waals surface area (Å²) in [5, 5.41) is 21.8. The molecule has 2 aliphatic rings. The molecular weight excluding hydrogens is 804 g/mol. The molecule has 4 aromatic heterocycles. The SMILES string of the molecule is CC(C)(C)[Si](C)(C)OC1C(O)[C@H](n2cnc3c(N)ncnc32)O[C@@H]1COP(=O)(S)OC1C(O[Si](C)(C)C(C)(C)C)[C@@H](CO)O[C@H]1n1cnc2c(=O)[nH]c(N)nc21. The largest absolute Gasteiger partial charge is 0.408 e. The number of nitrogens with two attached hydrogens (primary N) is 2. The minimum Gasteiger partial charge on any atom is -0.408 e. The molecule has 0 saturated carbocycles. The van der Waals surface area contributed by atoms with E-state index in [1.165, 1.54) is 28.1 Å². The molecule has 0 bridgehead atoms. The van der Waals surface area contributed by atoms with Gasteiger partial charge in [-0.25, -0.2) is 24.5 Å². The summed E-state index contributed by atoms with van der Waals surface area (Å²) < 4.78 is 55.8. The molecule has 0 spiro atoms. The molecule has 4 aromatic rings. The number of hydrogen-bond acceptors (Lipinski definition) is 17. The summed E-state index contributed by atoms with van der Waals surface area (Å²) in [5.41, 5.74) is 12.0. The van der Waals surface area contributed by atoms with E-state index in [1.54, 1.807) is 0 Å². The molecule has 0 amide bonds. The monoisotopic (exact) mass is 856 g/mol. The Morgan fingerprint density at radius 3 is 2.05 bits per heavy atom. The maximum absolute atomic E-state index is 14.4. The van der Waals surface area contributed by atoms with Gasteiger partial charge < -0.3 is 40.0 Å². The molecule has 0 radical (unpaired) electrons. The Labute approximate surface area is 331 Å². The Kier molecular flexibility index (Phi) is 11.5. The molecule has 6 rings (SSSR count). The Morgan fingerprint density at radius 2 is 1.45 bits per heavy atom. The van der Waals surface area contributed by atoms with E-state index in [9.17, 15) is 19.6 Å². The number of aromatic nitrogens is 8. The van der Waals surface area contributed by atoms with Crippen LogP contribution in [0.1, 0.15) is 54.0 Å². The van der Waals surface area contributed by atoms with Crippen LogP contribution in [0.2, 0.25) is 36.3 Å². The van der Waals surface area contributed by atoms with Gasteiger partial charge in [-0.3, -0.25) is 28.0 Å². The van der Waals surface area contributed by atoms with Crippen molar-refractivity contribution in [3.63, 3.8) is 0 Å². The van der Waals surface area contributed by atoms with Crippen LogP contribution in [-0.2, 0) is 31.9 Å². The topological polar surface area (TPSA) is 272 Å². The van der Waals surface area contributed by atoms with Gasteiger partial charge in [0.25, 0.3) is 5.56 Å². The zero-order valence-corrected chi connectivity index (χ0v) is 36.9. The zero-order chi connectivity index (χ0) is 41.3. The van der Waals surface area contributed by atoms with Crippen molar-refractivity contribution in [3.8, 4) is 0 Å². The number of nitrogens with zero attached hydrogens (tertiary/aromatic N) is 7. The van der Waals surface area contributed by atoms with Gasteiger partial charge in [-0.1, -0.05) is 53.8 Å². The smallest absolute Gasteiger partial charge is 0.386 e. The number of rotatable bonds is 12. The van der Waals surface area contributed by atoms with Crippen LogP contribution in [-0.4, -0.2) is 116 Å². The van der Waals surface area contributed by atoms with Crippen molar-refractivity contribution in [2.24, 2.45) is 0 Å². The van der Waals surface area contributed by atoms with Crippen LogP contribution >= 0.6 is 19.0 Å². The van der Waals surface area contributed by atoms with Crippen molar-refractivity contribution in [2.45, 2.75) is 127 Å². The van der Waals surface area contributed by atoms with Gasteiger partial charge in [0.05, 0.1) is 25.9 Å². The first kappa shape index (κ1) is 42.8. The predicted molar refractivity (Wildman–Crippen MR) is 215 cm³/mol. The second-order valence-corrected chi connectivity index (χ2v) is 29.6. The summed E-state index contributed by atoms with van der Waals surface area (Å²) >= 11 is 4.41. The van der Waals surface area contributed by atoms with Gasteiger partial charge >= 0.3 is 6.80 Å². The number of ether oxygens (including phenoxy) is 2. The first-order valence-electron chi connectivity index (χ1n) is 18.1. The van der Waals surface area contributed by atoms with Crippen LogP contribution in [0, 0.1) is 0 Å². The molecule has 5 unspecified atom stereocenters. The zero-order valence-electron chi connectivity index (χ0n) is 33.1. The number of fused-ring (bicyclic) bond motifs is 2. The van der Waals surface area contributed by atoms with Gasteiger partial charge in [-0.05, 0) is 36.3 Å². The van der Waals surface area contributed by atoms with Crippen LogP contribution in [0.4, 0.5) is 11.8 Å². The Bertz CT molecular complexity index is 2180. The Hall–Kier alpha value is -2.81. The number of imidazole rings is 2. The van der Waals surface area contributed by atoms with Gasteiger partial charge in [0, 0.05) is 0 Å². The maximum atomic E-state index is 14.4. The average molecular weight is 857 g/mol. The fourth-order valence-corrected chi connectivity index (χ4v) is 10.2. The van der Waals surface area contributed by atoms with Crippen LogP contribution < -0.4 is 17.0 Å². The number of aliphatic hydroxyl groups excluding tert-OH is 2. The number of H-pyrrole nitrogens is 1. The summed E-state index contributed by atoms with van der Waals surface area (Å²) in [5.74, 6) is -0.00611. The lowest BCUT2D eigenvalue weighted by atomic mass is 10.1. The van der Waals surface area contributed by atoms with Crippen LogP contribution in [0.25, 0.3) is 22.3 Å². The summed E-state index contributed by atoms with van der Waals surface area (Å²) in [4.78, 5) is 36.2. The molecule has 56 heavy (non-hydrogen) atoms. The van der Waals surface area contributed by atoms with Crippen molar-refractivity contribution in [2.75, 3.05) is 24.7 Å². The summed E-state index contributed by atoms with van der Waals surface area (Å²) in [6, 6.07) is 0. The normalized spacial score (nSPS) is 27.7. The summed E-state index contributed by atoms with van der Waals surface area (Å²) in [6.45, 7) is 15.2. The number of aromatic amines is 1. The molecule has 2 saturated heterocycles. The van der Waals surface area contributed by atoms with E-state index in [4.69, 9.17) is 38.8 Å². The highest BCUT2D eigenvalue weighted by Gasteiger charge is 2.55. The highest BCUT2D eigenvalue weighted by Crippen LogP contribution is 2.58. The molecule has 6 heterocycles. The van der Waals surface area contributed by atoms with Crippen LogP contribution in [0.15, 0.2) is 23.8 Å². The third kappa shape index (κ3) is 8.10. The number of anilines is 2. The summed E-state index contributed by atoms with van der Waals surface area (Å²) in [6.07, 6.45) is -4.56. The van der Waals surface area contributed by atoms with E-state index in [0.717, 1.165) is 0 Å². The molecule has 2 aliphatic heterocycles. The standard InChI is InChI=1S/C32H53N10O10PSSi2/c1-31(2,3)55(7,8)51-21-17(49-28(20(21)44)41-14-37-18-24(33)35-13-36-25(18)41)12-47-53(46,54)50-23-22(52-56(9,10)32(4,5)6)16(11-43)48-29(23)42-15-38-19-26(42)39-30(34)40-27(19)45/h13-17,20-23,28-29,43-44H,11-12H2,1-10H3,(H,46,54)(H2,33,35,36)(H3,34,39,40,45)/t16-,17-,20?,21?,22?,23?,28-,29-,53?/m1/s1. The number of nitrogen functional groups attached to an aromatic ring is 2. The van der Waals surface area contributed by atoms with Crippen LogP contribution in [0.3, 0.4) is 0 Å². The molecule has 310 valence electrons. The fraction of sp³-hybridized carbons (Fsp3) is 0.688. The average Bonchev–Trinajstić information content (AvgIpc) is 3.84. The van der Waals surface area contributed by atoms with E-state index < -0.39 is 91.3 Å². The molecule has 2 fully saturated rings. The quantitative estimate of drug-likeness (QED) is 0.0676. The third-order valence-electron chi connectivity index (χ3n) is 11.3. The first-order chi connectivity index (χ1) is 25.9. The minimum absolute atomic E-state index is 0.0275. The number of hydrogen-bond donors (Lipinski definition) is 6. The van der Waals surface area contributed by atoms with Gasteiger partial charge in [0.15, 0.2) is 51.7 Å². The molecule has 9 atom stereocenters. The van der Waals surface area contributed by atoms with Crippen molar-refractivity contribution < 1.29 is 42.2 Å². The van der Waals surface area contributed by atoms with Gasteiger partial charge in [0.1, 0.15) is 48.5 Å². The third-order valence-corrected chi connectivity index (χ3v) is 21.9. The van der Waals surface area contributed by atoms with E-state index >= 15 is 0 Å². The van der Waals surface area contributed by atoms with Crippen molar-refractivity contribution in [1.82, 2.24) is 39.0 Å². The molecule has 24 heteroatoms. The lowest BCUT2D eigenvalue weighted by molar-refractivity contribution is -0.0548. The molecule has 0 aliphatic carbocycles. The van der Waals surface area contributed by atoms with Crippen LogP contribution in [0.5, 0.6) is 0 Å². The van der Waals surface area contributed by atoms with E-state index in [2.05, 4.69) is 62.9 Å². The fourth-order valence-electron chi connectivity index (χ4n) is 6.13. The first-order valence-corrected chi connectivity index (χ1v) is 26.6. The highest BCUT2D eigenvalue weighted by molar-refractivity contribution is 8.44. The minimum atomic E-state index is -4.39. The summed E-state index contributed by atoms with van der Waals surface area (Å²) in [7, 11) is -5.16. The number of thiol groups is 1. The van der Waals surface area contributed by atoms with Gasteiger partial charge in [-0.15, -0.1) is 0 Å². The van der Waals surface area contributed by atoms with Crippen molar-refractivity contribution in [3.05, 3.63) is 29.3 Å². The maximum Gasteiger partial charge on any atom is 0.386 e. The molecule has 0 aromatic carbocycles. The number of nitrogens with one attached hydrogen (secondary N) is 1. The lowest BCUT2D eigenvalue weighted by Gasteiger charge is -2.40. The van der Waals surface area contributed by atoms with E-state index in [-0.39, 0.29) is 33.0 Å². The van der Waals surface area contributed by atoms with Crippen molar-refractivity contribution >= 4 is 69.8 Å². The molecular formula is C32H53N10O10PSSi2. The predicted octanol–water partition coefficient (Wildman–Crippen LogP) is 3.49. The Balaban J connectivity index is 1.32. The second kappa shape index (κ2) is 15.1. The second-order valence-electron chi connectivity index (χ2n) is 17.2. The number of aliphatic hydroxyl groups is 2. The van der Waals surface area contributed by atoms with Gasteiger partial charge in [-0.2, -0.15) is 4.98 Å². The van der Waals surface area contributed by atoms with Crippen molar-refractivity contribution in [1.29, 1.82) is 0 Å². The van der Waals surface area contributed by atoms with E-state index in [1.807, 2.05) is 47.0 Å². The molecule has 20 nitrogen and oxygen atoms in total. The highest BCUT2D eigenvalue weighted by atomic mass is 32.7. The lowest BCUT2D eigenvalue weighted by Crippen LogP contribution is -2.50. The van der Waals surface area contributed by atoms with E-state index in [0.29, 0.717) is 11.2 Å².